The molecule has 0 unspecified atom stereocenters. The molecule has 20 heavy (non-hydrogen) atoms. The van der Waals surface area contributed by atoms with Crippen molar-refractivity contribution in [1.82, 2.24) is 9.97 Å². The first-order valence-electron chi connectivity index (χ1n) is 6.04. The summed E-state index contributed by atoms with van der Waals surface area (Å²) in [6, 6.07) is 0. The normalized spacial score (nSPS) is 14.2. The van der Waals surface area contributed by atoms with Crippen LogP contribution in [0, 0.1) is 13.8 Å². The van der Waals surface area contributed by atoms with Gasteiger partial charge in [0.25, 0.3) is 0 Å². The molecule has 1 aliphatic carbocycles. The van der Waals surface area contributed by atoms with Crippen molar-refractivity contribution in [2.75, 3.05) is 0 Å². The van der Waals surface area contributed by atoms with E-state index in [4.69, 9.17) is 0 Å². The molecule has 0 aromatic carbocycles. The molecule has 2 aromatic heterocycles. The van der Waals surface area contributed by atoms with E-state index in [1.54, 1.807) is 34.8 Å². The molecule has 0 saturated heterocycles. The highest BCUT2D eigenvalue weighted by molar-refractivity contribution is 7.21. The maximum absolute atomic E-state index is 13.2. The number of allylic oxidation sites excluding steroid dienone is 5. The van der Waals surface area contributed by atoms with Crippen molar-refractivity contribution in [3.63, 3.8) is 0 Å². The molecule has 0 spiro atoms. The first kappa shape index (κ1) is 13.2. The molecular weight excluding hydrogens is 291 g/mol. The maximum Gasteiger partial charge on any atom is 0.135 e. The molecule has 100 valence electrons. The molecule has 5 heteroatoms. The van der Waals surface area contributed by atoms with E-state index >= 15 is 0 Å². The highest BCUT2D eigenvalue weighted by Crippen LogP contribution is 2.36. The predicted molar refractivity (Wildman–Crippen MR) is 82.5 cm³/mol. The molecule has 0 fully saturated rings. The van der Waals surface area contributed by atoms with Crippen LogP contribution >= 0.6 is 22.7 Å². The van der Waals surface area contributed by atoms with E-state index in [0.717, 1.165) is 31.9 Å². The molecule has 0 bridgehead atoms. The van der Waals surface area contributed by atoms with Gasteiger partial charge in [0, 0.05) is 16.6 Å². The average molecular weight is 302 g/mol. The van der Waals surface area contributed by atoms with Crippen LogP contribution in [0.5, 0.6) is 0 Å². The summed E-state index contributed by atoms with van der Waals surface area (Å²) in [6.45, 7) is 3.93. The molecule has 3 rings (SSSR count). The Kier molecular flexibility index (Phi) is 3.49. The molecule has 2 aromatic rings. The van der Waals surface area contributed by atoms with Crippen LogP contribution in [0.3, 0.4) is 0 Å². The third kappa shape index (κ3) is 2.56. The third-order valence-electron chi connectivity index (χ3n) is 2.69. The summed E-state index contributed by atoms with van der Waals surface area (Å²) in [6.07, 6.45) is 6.09. The molecule has 0 N–H and O–H groups in total. The van der Waals surface area contributed by atoms with Crippen LogP contribution in [0.15, 0.2) is 41.2 Å². The van der Waals surface area contributed by atoms with Gasteiger partial charge in [-0.3, -0.25) is 0 Å². The SMILES string of the molecule is Cc1csc(-c2sc(C)nc2C2=C=CC=C(F)C=C2)n1. The van der Waals surface area contributed by atoms with Crippen molar-refractivity contribution in [3.8, 4) is 9.88 Å². The standard InChI is InChI=1S/C15H11FN2S2/c1-9-8-19-15(17-9)14-13(18-10(2)20-14)11-4-3-5-12(16)7-6-11/h3,5-8H,1-2H3. The molecular formula is C15H11FN2S2. The second kappa shape index (κ2) is 5.29. The summed E-state index contributed by atoms with van der Waals surface area (Å²) in [4.78, 5) is 10.1. The minimum Gasteiger partial charge on any atom is -0.240 e. The Hall–Kier alpha value is -1.81. The lowest BCUT2D eigenvalue weighted by atomic mass is 10.1. The molecule has 0 radical (unpaired) electrons. The van der Waals surface area contributed by atoms with Crippen molar-refractivity contribution in [3.05, 3.63) is 57.6 Å². The number of aromatic nitrogens is 2. The fourth-order valence-corrected chi connectivity index (χ4v) is 3.66. The van der Waals surface area contributed by atoms with Crippen molar-refractivity contribution in [1.29, 1.82) is 0 Å². The van der Waals surface area contributed by atoms with Gasteiger partial charge in [0.05, 0.1) is 15.6 Å². The molecule has 0 saturated carbocycles. The minimum atomic E-state index is -0.286. The number of hydrogen-bond donors (Lipinski definition) is 0. The molecule has 0 atom stereocenters. The average Bonchev–Trinajstić information content (AvgIpc) is 2.93. The molecule has 1 aliphatic rings. The first-order chi connectivity index (χ1) is 9.63. The van der Waals surface area contributed by atoms with Gasteiger partial charge in [-0.05, 0) is 38.2 Å². The van der Waals surface area contributed by atoms with Crippen LogP contribution in [0.1, 0.15) is 16.4 Å². The van der Waals surface area contributed by atoms with E-state index in [-0.39, 0.29) is 5.83 Å². The summed E-state index contributed by atoms with van der Waals surface area (Å²) >= 11 is 3.20. The van der Waals surface area contributed by atoms with E-state index in [1.165, 1.54) is 12.2 Å². The van der Waals surface area contributed by atoms with Gasteiger partial charge >= 0.3 is 0 Å². The number of halogens is 1. The number of hydrogen-bond acceptors (Lipinski definition) is 4. The molecule has 2 nitrogen and oxygen atoms in total. The van der Waals surface area contributed by atoms with E-state index in [0.29, 0.717) is 0 Å². The van der Waals surface area contributed by atoms with Gasteiger partial charge in [0.15, 0.2) is 0 Å². The molecule has 2 heterocycles. The van der Waals surface area contributed by atoms with Crippen LogP contribution in [0.2, 0.25) is 0 Å². The van der Waals surface area contributed by atoms with E-state index < -0.39 is 0 Å². The van der Waals surface area contributed by atoms with Crippen LogP contribution in [-0.2, 0) is 0 Å². The van der Waals surface area contributed by atoms with Gasteiger partial charge in [-0.25, -0.2) is 14.4 Å². The fourth-order valence-electron chi connectivity index (χ4n) is 1.84. The Labute approximate surface area is 124 Å². The highest BCUT2D eigenvalue weighted by Gasteiger charge is 2.16. The van der Waals surface area contributed by atoms with E-state index in [1.807, 2.05) is 19.2 Å². The number of aryl methyl sites for hydroxylation is 2. The van der Waals surface area contributed by atoms with Crippen LogP contribution in [-0.4, -0.2) is 9.97 Å². The van der Waals surface area contributed by atoms with Crippen LogP contribution in [0.4, 0.5) is 4.39 Å². The van der Waals surface area contributed by atoms with E-state index in [2.05, 4.69) is 15.7 Å². The lowest BCUT2D eigenvalue weighted by Crippen LogP contribution is -1.85. The second-order valence-corrected chi connectivity index (χ2v) is 6.38. The van der Waals surface area contributed by atoms with Gasteiger partial charge in [-0.2, -0.15) is 0 Å². The van der Waals surface area contributed by atoms with E-state index in [9.17, 15) is 4.39 Å². The number of thiazole rings is 2. The fraction of sp³-hybridized carbons (Fsp3) is 0.133. The zero-order valence-corrected chi connectivity index (χ0v) is 12.6. The topological polar surface area (TPSA) is 25.8 Å². The predicted octanol–water partition coefficient (Wildman–Crippen LogP) is 4.85. The maximum atomic E-state index is 13.2. The van der Waals surface area contributed by atoms with Gasteiger partial charge in [-0.15, -0.1) is 28.4 Å². The summed E-state index contributed by atoms with van der Waals surface area (Å²) in [5.74, 6) is -0.286. The molecule has 0 amide bonds. The summed E-state index contributed by atoms with van der Waals surface area (Å²) in [5, 5.41) is 3.93. The van der Waals surface area contributed by atoms with Gasteiger partial charge in [0.2, 0.25) is 0 Å². The van der Waals surface area contributed by atoms with Crippen molar-refractivity contribution >= 4 is 28.2 Å². The highest BCUT2D eigenvalue weighted by atomic mass is 32.1. The quantitative estimate of drug-likeness (QED) is 0.741. The Morgan fingerprint density at radius 1 is 1.20 bits per heavy atom. The summed E-state index contributed by atoms with van der Waals surface area (Å²) in [5.41, 5.74) is 5.66. The third-order valence-corrected chi connectivity index (χ3v) is 4.78. The van der Waals surface area contributed by atoms with Crippen molar-refractivity contribution in [2.45, 2.75) is 13.8 Å². The van der Waals surface area contributed by atoms with Crippen LogP contribution < -0.4 is 0 Å². The lowest BCUT2D eigenvalue weighted by Gasteiger charge is -1.97. The summed E-state index contributed by atoms with van der Waals surface area (Å²) in [7, 11) is 0. The Morgan fingerprint density at radius 2 is 2.05 bits per heavy atom. The van der Waals surface area contributed by atoms with Gasteiger partial charge in [-0.1, -0.05) is 0 Å². The number of rotatable bonds is 2. The monoisotopic (exact) mass is 302 g/mol. The largest absolute Gasteiger partial charge is 0.240 e. The lowest BCUT2D eigenvalue weighted by molar-refractivity contribution is 0.667. The van der Waals surface area contributed by atoms with Gasteiger partial charge in [0.1, 0.15) is 10.8 Å². The van der Waals surface area contributed by atoms with Gasteiger partial charge < -0.3 is 0 Å². The molecule has 0 aliphatic heterocycles. The smallest absolute Gasteiger partial charge is 0.135 e. The minimum absolute atomic E-state index is 0.286. The van der Waals surface area contributed by atoms with Crippen molar-refractivity contribution in [2.24, 2.45) is 0 Å². The Balaban J connectivity index is 2.12. The zero-order valence-electron chi connectivity index (χ0n) is 11.0. The second-order valence-electron chi connectivity index (χ2n) is 4.31. The zero-order chi connectivity index (χ0) is 14.1. The summed E-state index contributed by atoms with van der Waals surface area (Å²) < 4.78 is 13.2. The first-order valence-corrected chi connectivity index (χ1v) is 7.74. The Bertz CT molecular complexity index is 787. The number of nitrogens with zero attached hydrogens (tertiary/aromatic N) is 2. The van der Waals surface area contributed by atoms with Crippen molar-refractivity contribution < 1.29 is 4.39 Å². The van der Waals surface area contributed by atoms with Crippen LogP contribution in [0.25, 0.3) is 15.5 Å². The Morgan fingerprint density at radius 3 is 2.80 bits per heavy atom.